The smallest absolute Gasteiger partial charge is 0.310 e. The van der Waals surface area contributed by atoms with Crippen LogP contribution < -0.4 is 0 Å². The summed E-state index contributed by atoms with van der Waals surface area (Å²) < 4.78 is 31.3. The number of carbonyl (C=O) groups excluding carboxylic acids is 1. The number of ether oxygens (including phenoxy) is 1. The summed E-state index contributed by atoms with van der Waals surface area (Å²) in [6.45, 7) is 2.91. The van der Waals surface area contributed by atoms with E-state index in [1.54, 1.807) is 6.92 Å². The molecule has 2 rings (SSSR count). The summed E-state index contributed by atoms with van der Waals surface area (Å²) in [5, 5.41) is 0. The molecule has 0 bridgehead atoms. The lowest BCUT2D eigenvalue weighted by Gasteiger charge is -2.26. The topological polar surface area (TPSA) is 63.7 Å². The molecular formula is C16H23NO4S. The lowest BCUT2D eigenvalue weighted by molar-refractivity contribution is -0.148. The molecule has 1 saturated heterocycles. The van der Waals surface area contributed by atoms with Gasteiger partial charge in [-0.2, -0.15) is 0 Å². The quantitative estimate of drug-likeness (QED) is 0.752. The van der Waals surface area contributed by atoms with Gasteiger partial charge in [-0.25, -0.2) is 12.7 Å². The average molecular weight is 325 g/mol. The Hall–Kier alpha value is -1.40. The van der Waals surface area contributed by atoms with E-state index in [2.05, 4.69) is 0 Å². The van der Waals surface area contributed by atoms with E-state index in [1.165, 1.54) is 4.31 Å². The van der Waals surface area contributed by atoms with E-state index in [0.29, 0.717) is 13.1 Å². The molecule has 0 N–H and O–H groups in total. The predicted octanol–water partition coefficient (Wildman–Crippen LogP) is 2.18. The van der Waals surface area contributed by atoms with Gasteiger partial charge in [-0.05, 0) is 18.4 Å². The van der Waals surface area contributed by atoms with Crippen molar-refractivity contribution in [3.63, 3.8) is 0 Å². The molecule has 0 spiro atoms. The molecule has 1 aliphatic heterocycles. The van der Waals surface area contributed by atoms with Crippen molar-refractivity contribution in [2.24, 2.45) is 5.92 Å². The second-order valence-corrected chi connectivity index (χ2v) is 7.75. The van der Waals surface area contributed by atoms with Crippen molar-refractivity contribution in [3.8, 4) is 0 Å². The minimum atomic E-state index is -3.38. The predicted molar refractivity (Wildman–Crippen MR) is 84.6 cm³/mol. The fourth-order valence-electron chi connectivity index (χ4n) is 2.50. The van der Waals surface area contributed by atoms with Gasteiger partial charge in [0.05, 0.1) is 11.7 Å². The summed E-state index contributed by atoms with van der Waals surface area (Å²) in [6.07, 6.45) is 2.86. The largest absolute Gasteiger partial charge is 0.461 e. The van der Waals surface area contributed by atoms with Crippen LogP contribution in [0.2, 0.25) is 0 Å². The second kappa shape index (κ2) is 7.74. The third-order valence-corrected chi connectivity index (χ3v) is 5.87. The third kappa shape index (κ3) is 4.81. The van der Waals surface area contributed by atoms with Crippen LogP contribution in [0.1, 0.15) is 31.7 Å². The molecule has 1 heterocycles. The van der Waals surface area contributed by atoms with Crippen molar-refractivity contribution in [2.45, 2.75) is 32.8 Å². The van der Waals surface area contributed by atoms with Crippen molar-refractivity contribution in [1.29, 1.82) is 0 Å². The Kier molecular flexibility index (Phi) is 5.97. The fraction of sp³-hybridized carbons (Fsp3) is 0.562. The van der Waals surface area contributed by atoms with Crippen LogP contribution in [0.5, 0.6) is 0 Å². The van der Waals surface area contributed by atoms with E-state index in [4.69, 9.17) is 4.74 Å². The maximum atomic E-state index is 12.3. The van der Waals surface area contributed by atoms with Crippen LogP contribution in [0.4, 0.5) is 0 Å². The molecule has 0 unspecified atom stereocenters. The Morgan fingerprint density at radius 1 is 1.18 bits per heavy atom. The first-order valence-corrected chi connectivity index (χ1v) is 9.28. The number of carbonyl (C=O) groups is 1. The van der Waals surface area contributed by atoms with E-state index >= 15 is 0 Å². The van der Waals surface area contributed by atoms with E-state index in [0.717, 1.165) is 24.8 Å². The number of nitrogens with zero attached hydrogens (tertiary/aromatic N) is 1. The Morgan fingerprint density at radius 3 is 2.45 bits per heavy atom. The maximum absolute atomic E-state index is 12.3. The number of piperidine rings is 1. The lowest BCUT2D eigenvalue weighted by atomic mass is 10.2. The zero-order valence-electron chi connectivity index (χ0n) is 12.9. The molecule has 0 amide bonds. The van der Waals surface area contributed by atoms with Gasteiger partial charge in [0.1, 0.15) is 6.61 Å². The summed E-state index contributed by atoms with van der Waals surface area (Å²) in [6, 6.07) is 9.35. The molecular weight excluding hydrogens is 302 g/mol. The highest BCUT2D eigenvalue weighted by Gasteiger charge is 2.29. The number of rotatable bonds is 6. The highest BCUT2D eigenvalue weighted by molar-refractivity contribution is 7.89. The summed E-state index contributed by atoms with van der Waals surface area (Å²) in [5.41, 5.74) is 0.891. The maximum Gasteiger partial charge on any atom is 0.310 e. The Bertz CT molecular complexity index is 579. The molecule has 5 nitrogen and oxygen atoms in total. The number of hydrogen-bond acceptors (Lipinski definition) is 4. The number of esters is 1. The van der Waals surface area contributed by atoms with Gasteiger partial charge in [-0.1, -0.05) is 43.7 Å². The van der Waals surface area contributed by atoms with Crippen molar-refractivity contribution >= 4 is 16.0 Å². The van der Waals surface area contributed by atoms with Gasteiger partial charge < -0.3 is 4.74 Å². The average Bonchev–Trinajstić information content (AvgIpc) is 2.54. The molecule has 0 aliphatic carbocycles. The van der Waals surface area contributed by atoms with Gasteiger partial charge in [-0.15, -0.1) is 0 Å². The fourth-order valence-corrected chi connectivity index (χ4v) is 4.30. The van der Waals surface area contributed by atoms with E-state index < -0.39 is 21.9 Å². The molecule has 1 aromatic carbocycles. The summed E-state index contributed by atoms with van der Waals surface area (Å²) in [4.78, 5) is 12.0. The minimum absolute atomic E-state index is 0.174. The first kappa shape index (κ1) is 17.0. The van der Waals surface area contributed by atoms with E-state index in [9.17, 15) is 13.2 Å². The monoisotopic (exact) mass is 325 g/mol. The van der Waals surface area contributed by atoms with Crippen LogP contribution in [-0.4, -0.2) is 37.5 Å². The molecule has 0 aromatic heterocycles. The van der Waals surface area contributed by atoms with Gasteiger partial charge in [0, 0.05) is 13.1 Å². The zero-order valence-corrected chi connectivity index (χ0v) is 13.7. The Balaban J connectivity index is 1.85. The highest BCUT2D eigenvalue weighted by Crippen LogP contribution is 2.16. The molecule has 1 fully saturated rings. The van der Waals surface area contributed by atoms with Gasteiger partial charge in [0.25, 0.3) is 0 Å². The summed E-state index contributed by atoms with van der Waals surface area (Å²) in [5.74, 6) is -1.30. The molecule has 0 radical (unpaired) electrons. The van der Waals surface area contributed by atoms with Crippen molar-refractivity contribution in [2.75, 3.05) is 18.8 Å². The number of sulfonamides is 1. The Labute approximate surface area is 132 Å². The van der Waals surface area contributed by atoms with Gasteiger partial charge in [-0.3, -0.25) is 4.79 Å². The highest BCUT2D eigenvalue weighted by atomic mass is 32.2. The summed E-state index contributed by atoms with van der Waals surface area (Å²) in [7, 11) is -3.38. The Morgan fingerprint density at radius 2 is 1.82 bits per heavy atom. The first-order chi connectivity index (χ1) is 10.5. The van der Waals surface area contributed by atoms with Crippen LogP contribution >= 0.6 is 0 Å². The molecule has 6 heteroatoms. The number of benzene rings is 1. The third-order valence-electron chi connectivity index (χ3n) is 3.80. The minimum Gasteiger partial charge on any atom is -0.461 e. The van der Waals surface area contributed by atoms with Crippen molar-refractivity contribution < 1.29 is 17.9 Å². The van der Waals surface area contributed by atoms with E-state index in [-0.39, 0.29) is 12.4 Å². The van der Waals surface area contributed by atoms with E-state index in [1.807, 2.05) is 30.3 Å². The summed E-state index contributed by atoms with van der Waals surface area (Å²) >= 11 is 0. The molecule has 0 saturated carbocycles. The molecule has 1 atom stereocenters. The lowest BCUT2D eigenvalue weighted by Crippen LogP contribution is -2.39. The van der Waals surface area contributed by atoms with Crippen LogP contribution in [0.3, 0.4) is 0 Å². The SMILES string of the molecule is C[C@@H](CS(=O)(=O)N1CCCCC1)C(=O)OCc1ccccc1. The second-order valence-electron chi connectivity index (χ2n) is 5.73. The van der Waals surface area contributed by atoms with Crippen molar-refractivity contribution in [3.05, 3.63) is 35.9 Å². The molecule has 22 heavy (non-hydrogen) atoms. The van der Waals surface area contributed by atoms with Gasteiger partial charge >= 0.3 is 5.97 Å². The van der Waals surface area contributed by atoms with Crippen LogP contribution in [-0.2, 0) is 26.2 Å². The van der Waals surface area contributed by atoms with Crippen LogP contribution in [0.15, 0.2) is 30.3 Å². The molecule has 1 aliphatic rings. The standard InChI is InChI=1S/C16H23NO4S/c1-14(13-22(19,20)17-10-6-3-7-11-17)16(18)21-12-15-8-4-2-5-9-15/h2,4-5,8-9,14H,3,6-7,10-13H2,1H3/t14-/m0/s1. The molecule has 122 valence electrons. The van der Waals surface area contributed by atoms with Gasteiger partial charge in [0.2, 0.25) is 10.0 Å². The van der Waals surface area contributed by atoms with Gasteiger partial charge in [0.15, 0.2) is 0 Å². The van der Waals surface area contributed by atoms with Crippen molar-refractivity contribution in [1.82, 2.24) is 4.31 Å². The van der Waals surface area contributed by atoms with Crippen LogP contribution in [0.25, 0.3) is 0 Å². The first-order valence-electron chi connectivity index (χ1n) is 7.67. The number of hydrogen-bond donors (Lipinski definition) is 0. The van der Waals surface area contributed by atoms with Crippen LogP contribution in [0, 0.1) is 5.92 Å². The zero-order chi connectivity index (χ0) is 16.0. The normalized spacial score (nSPS) is 17.9. The molecule has 1 aromatic rings.